The summed E-state index contributed by atoms with van der Waals surface area (Å²) >= 11 is 0. The van der Waals surface area contributed by atoms with Crippen molar-refractivity contribution in [3.8, 4) is 5.75 Å². The Balaban J connectivity index is 0.000000426. The topological polar surface area (TPSA) is 108 Å². The van der Waals surface area contributed by atoms with Crippen LogP contribution in [0.2, 0.25) is 0 Å². The first-order valence-corrected chi connectivity index (χ1v) is 11.2. The Bertz CT molecular complexity index is 1500. The smallest absolute Gasteiger partial charge is 0.430 e. The minimum atomic E-state index is -5.19. The number of aryl methyl sites for hydroxylation is 1. The van der Waals surface area contributed by atoms with Crippen LogP contribution < -0.4 is 14.4 Å². The molecule has 0 unspecified atom stereocenters. The molecule has 2 aromatic heterocycles. The number of nitrogens with zero attached hydrogens (tertiary/aromatic N) is 4. The molecule has 0 saturated heterocycles. The van der Waals surface area contributed by atoms with Crippen molar-refractivity contribution in [3.63, 3.8) is 0 Å². The van der Waals surface area contributed by atoms with E-state index in [1.807, 2.05) is 48.1 Å². The minimum absolute atomic E-state index is 0.167. The van der Waals surface area contributed by atoms with E-state index in [9.17, 15) is 22.8 Å². The summed E-state index contributed by atoms with van der Waals surface area (Å²) in [6.45, 7) is 0.719. The number of imidazole rings is 1. The third-order valence-electron chi connectivity index (χ3n) is 6.01. The molecule has 0 aliphatic carbocycles. The molecule has 0 saturated carbocycles. The number of carboxylic acids is 1. The van der Waals surface area contributed by atoms with Crippen molar-refractivity contribution in [2.45, 2.75) is 19.3 Å². The summed E-state index contributed by atoms with van der Waals surface area (Å²) in [5, 5.41) is 8.78. The number of carboxylic acid groups (broad SMARTS) is 1. The van der Waals surface area contributed by atoms with Crippen LogP contribution in [0.25, 0.3) is 11.0 Å². The number of aliphatic carboxylic acids is 1. The van der Waals surface area contributed by atoms with Gasteiger partial charge in [-0.25, -0.2) is 9.13 Å². The van der Waals surface area contributed by atoms with Gasteiger partial charge in [-0.2, -0.15) is 13.2 Å². The summed E-state index contributed by atoms with van der Waals surface area (Å²) in [5.41, 5.74) is 3.86. The van der Waals surface area contributed by atoms with Crippen LogP contribution in [0.1, 0.15) is 32.1 Å². The number of benzene rings is 2. The molecule has 2 amide bonds. The lowest BCUT2D eigenvalue weighted by Gasteiger charge is -2.13. The maximum absolute atomic E-state index is 13.0. The van der Waals surface area contributed by atoms with Gasteiger partial charge in [0.05, 0.1) is 25.3 Å². The monoisotopic (exact) mass is 526 g/mol. The number of ether oxygens (including phenoxy) is 1. The molecule has 12 heteroatoms. The second kappa shape index (κ2) is 10.3. The lowest BCUT2D eigenvalue weighted by Crippen LogP contribution is -2.39. The van der Waals surface area contributed by atoms with Gasteiger partial charge >= 0.3 is 6.18 Å². The maximum Gasteiger partial charge on any atom is 0.430 e. The molecule has 0 radical (unpaired) electrons. The Morgan fingerprint density at radius 1 is 1.03 bits per heavy atom. The molecule has 1 aliphatic rings. The van der Waals surface area contributed by atoms with Crippen molar-refractivity contribution >= 4 is 28.8 Å². The molecule has 0 N–H and O–H groups in total. The molecular formula is C26H21F3N4O5. The molecule has 5 rings (SSSR count). The Hall–Kier alpha value is -4.74. The zero-order valence-corrected chi connectivity index (χ0v) is 20.2. The molecule has 0 spiro atoms. The van der Waals surface area contributed by atoms with Gasteiger partial charge in [0.15, 0.2) is 11.0 Å². The van der Waals surface area contributed by atoms with Gasteiger partial charge in [-0.15, -0.1) is 0 Å². The van der Waals surface area contributed by atoms with E-state index < -0.39 is 12.1 Å². The fourth-order valence-corrected chi connectivity index (χ4v) is 4.16. The van der Waals surface area contributed by atoms with Crippen LogP contribution in [0.3, 0.4) is 0 Å². The third-order valence-corrected chi connectivity index (χ3v) is 6.01. The summed E-state index contributed by atoms with van der Waals surface area (Å²) in [7, 11) is 3.58. The largest absolute Gasteiger partial charge is 0.542 e. The van der Waals surface area contributed by atoms with Gasteiger partial charge in [0.1, 0.15) is 24.8 Å². The average Bonchev–Trinajstić information content (AvgIpc) is 3.30. The van der Waals surface area contributed by atoms with Crippen LogP contribution in [0.5, 0.6) is 5.75 Å². The van der Waals surface area contributed by atoms with Gasteiger partial charge in [-0.05, 0) is 30.3 Å². The first-order chi connectivity index (χ1) is 18.0. The minimum Gasteiger partial charge on any atom is -0.542 e. The van der Waals surface area contributed by atoms with Crippen LogP contribution in [0, 0.1) is 0 Å². The molecule has 2 aromatic carbocycles. The second-order valence-corrected chi connectivity index (χ2v) is 8.30. The van der Waals surface area contributed by atoms with E-state index >= 15 is 0 Å². The molecule has 1 aliphatic heterocycles. The highest BCUT2D eigenvalue weighted by atomic mass is 19.4. The summed E-state index contributed by atoms with van der Waals surface area (Å²) < 4.78 is 41.1. The summed E-state index contributed by atoms with van der Waals surface area (Å²) in [4.78, 5) is 40.3. The number of hydrogen-bond acceptors (Lipinski definition) is 6. The first kappa shape index (κ1) is 26.3. The quantitative estimate of drug-likeness (QED) is 0.291. The van der Waals surface area contributed by atoms with E-state index in [2.05, 4.69) is 9.55 Å². The molecule has 0 bridgehead atoms. The highest BCUT2D eigenvalue weighted by Crippen LogP contribution is 2.27. The maximum atomic E-state index is 13.0. The van der Waals surface area contributed by atoms with E-state index in [0.717, 1.165) is 28.2 Å². The number of pyridine rings is 1. The standard InChI is InChI=1S/C24H21N4O3.C2HF3O2/c1-26-20-10-9-17(31-2)12-21(20)27(14-16-6-5-11-25-13-16)22(26)15-28-23(29)18-7-3-4-8-19(18)24(28)30;3-2(4,5)1(6)7/h3-13H,14-15H2,1-2H3;(H,6,7)/q+1;/p-1. The number of fused-ring (bicyclic) bond motifs is 2. The molecule has 9 nitrogen and oxygen atoms in total. The zero-order valence-electron chi connectivity index (χ0n) is 20.2. The highest BCUT2D eigenvalue weighted by Gasteiger charge is 2.38. The van der Waals surface area contributed by atoms with E-state index in [1.54, 1.807) is 37.6 Å². The third kappa shape index (κ3) is 5.05. The SMILES string of the molecule is COc1ccc2c(c1)n(Cc1cccnc1)c(CN1C(=O)c3ccccc3C1=O)[n+]2C.O=C([O-])C(F)(F)F. The number of alkyl halides is 3. The van der Waals surface area contributed by atoms with E-state index in [4.69, 9.17) is 14.6 Å². The predicted octanol–water partition coefficient (Wildman–Crippen LogP) is 2.01. The summed E-state index contributed by atoms with van der Waals surface area (Å²) in [6, 6.07) is 16.7. The molecule has 4 aromatic rings. The fourth-order valence-electron chi connectivity index (χ4n) is 4.16. The average molecular weight is 526 g/mol. The van der Waals surface area contributed by atoms with Crippen LogP contribution in [-0.4, -0.2) is 45.5 Å². The molecule has 0 atom stereocenters. The normalized spacial score (nSPS) is 12.8. The Kier molecular flexibility index (Phi) is 7.15. The number of carbonyl (C=O) groups excluding carboxylic acids is 3. The lowest BCUT2D eigenvalue weighted by atomic mass is 10.1. The number of aromatic nitrogens is 3. The number of carbonyl (C=O) groups is 3. The van der Waals surface area contributed by atoms with Crippen LogP contribution >= 0.6 is 0 Å². The number of rotatable bonds is 5. The van der Waals surface area contributed by atoms with Crippen molar-refractivity contribution < 1.29 is 42.0 Å². The highest BCUT2D eigenvalue weighted by molar-refractivity contribution is 6.21. The Labute approximate surface area is 214 Å². The van der Waals surface area contributed by atoms with Crippen molar-refractivity contribution in [1.82, 2.24) is 14.5 Å². The molecule has 0 fully saturated rings. The van der Waals surface area contributed by atoms with E-state index in [-0.39, 0.29) is 18.4 Å². The Morgan fingerprint density at radius 3 is 2.18 bits per heavy atom. The number of amides is 2. The Morgan fingerprint density at radius 2 is 1.66 bits per heavy atom. The number of methoxy groups -OCH3 is 1. The molecule has 3 heterocycles. The number of hydrogen-bond donors (Lipinski definition) is 0. The molecular weight excluding hydrogens is 505 g/mol. The van der Waals surface area contributed by atoms with Crippen molar-refractivity contribution in [2.24, 2.45) is 7.05 Å². The zero-order chi connectivity index (χ0) is 27.6. The van der Waals surface area contributed by atoms with E-state index in [0.29, 0.717) is 17.7 Å². The van der Waals surface area contributed by atoms with Crippen LogP contribution in [0.4, 0.5) is 13.2 Å². The second-order valence-electron chi connectivity index (χ2n) is 8.30. The van der Waals surface area contributed by atoms with Gasteiger partial charge in [-0.1, -0.05) is 18.2 Å². The van der Waals surface area contributed by atoms with Crippen molar-refractivity contribution in [1.29, 1.82) is 0 Å². The lowest BCUT2D eigenvalue weighted by molar-refractivity contribution is -0.654. The van der Waals surface area contributed by atoms with Crippen molar-refractivity contribution in [2.75, 3.05) is 7.11 Å². The fraction of sp³-hybridized carbons (Fsp3) is 0.192. The van der Waals surface area contributed by atoms with E-state index in [1.165, 1.54) is 4.90 Å². The van der Waals surface area contributed by atoms with Gasteiger partial charge in [0, 0.05) is 24.0 Å². The van der Waals surface area contributed by atoms with Crippen LogP contribution in [-0.2, 0) is 24.9 Å². The van der Waals surface area contributed by atoms with Crippen molar-refractivity contribution in [3.05, 3.63) is 89.5 Å². The van der Waals surface area contributed by atoms with Gasteiger partial charge in [0.25, 0.3) is 17.6 Å². The van der Waals surface area contributed by atoms with Crippen LogP contribution in [0.15, 0.2) is 67.0 Å². The van der Waals surface area contributed by atoms with Gasteiger partial charge in [0.2, 0.25) is 0 Å². The molecule has 38 heavy (non-hydrogen) atoms. The molecule has 196 valence electrons. The van der Waals surface area contributed by atoms with Gasteiger partial charge < -0.3 is 14.6 Å². The number of imide groups is 1. The summed E-state index contributed by atoms with van der Waals surface area (Å²) in [5.74, 6) is -1.97. The predicted molar refractivity (Wildman–Crippen MR) is 125 cm³/mol. The summed E-state index contributed by atoms with van der Waals surface area (Å²) in [6.07, 6.45) is -1.64. The first-order valence-electron chi connectivity index (χ1n) is 11.2. The number of halogens is 3. The van der Waals surface area contributed by atoms with Gasteiger partial charge in [-0.3, -0.25) is 19.5 Å².